The molecule has 1 rings (SSSR count). The molecule has 0 aliphatic heterocycles. The Morgan fingerprint density at radius 1 is 1.21 bits per heavy atom. The van der Waals surface area contributed by atoms with E-state index in [-0.39, 0.29) is 6.54 Å². The summed E-state index contributed by atoms with van der Waals surface area (Å²) in [7, 11) is 4.44. The van der Waals surface area contributed by atoms with Gasteiger partial charge in [-0.05, 0) is 17.7 Å². The summed E-state index contributed by atoms with van der Waals surface area (Å²) < 4.78 is 37.8. The maximum absolute atomic E-state index is 12.3. The van der Waals surface area contributed by atoms with Crippen molar-refractivity contribution in [3.8, 4) is 0 Å². The highest BCUT2D eigenvalue weighted by Gasteiger charge is 2.31. The van der Waals surface area contributed by atoms with Gasteiger partial charge < -0.3 is 15.1 Å². The molecule has 1 N–H and O–H groups in total. The first-order valence-electron chi connectivity index (χ1n) is 7.09. The number of guanidine groups is 1. The molecule has 0 heterocycles. The SMILES string of the molecule is CN=C(NCC(=O)N(C)CC(F)(F)F)N(C)Cc1ccc(Br)cc1. The van der Waals surface area contributed by atoms with Crippen LogP contribution in [0.3, 0.4) is 0 Å². The zero-order chi connectivity index (χ0) is 18.3. The summed E-state index contributed by atoms with van der Waals surface area (Å²) in [6.45, 7) is -0.996. The minimum Gasteiger partial charge on any atom is -0.347 e. The van der Waals surface area contributed by atoms with Crippen LogP contribution in [-0.4, -0.2) is 62.1 Å². The molecule has 0 atom stereocenters. The van der Waals surface area contributed by atoms with E-state index in [0.29, 0.717) is 17.4 Å². The lowest BCUT2D eigenvalue weighted by atomic mass is 10.2. The van der Waals surface area contributed by atoms with Crippen molar-refractivity contribution < 1.29 is 18.0 Å². The smallest absolute Gasteiger partial charge is 0.347 e. The van der Waals surface area contributed by atoms with Crippen LogP contribution in [0.2, 0.25) is 0 Å². The van der Waals surface area contributed by atoms with Crippen LogP contribution in [0, 0.1) is 0 Å². The summed E-state index contributed by atoms with van der Waals surface area (Å²) >= 11 is 3.36. The number of hydrogen-bond donors (Lipinski definition) is 1. The molecule has 0 unspecified atom stereocenters. The van der Waals surface area contributed by atoms with Gasteiger partial charge in [0.15, 0.2) is 5.96 Å². The Morgan fingerprint density at radius 3 is 2.29 bits per heavy atom. The maximum Gasteiger partial charge on any atom is 0.406 e. The van der Waals surface area contributed by atoms with Crippen molar-refractivity contribution in [2.24, 2.45) is 4.99 Å². The molecule has 0 spiro atoms. The van der Waals surface area contributed by atoms with Gasteiger partial charge in [-0.15, -0.1) is 0 Å². The van der Waals surface area contributed by atoms with E-state index in [9.17, 15) is 18.0 Å². The quantitative estimate of drug-likeness (QED) is 0.601. The van der Waals surface area contributed by atoms with E-state index in [4.69, 9.17) is 0 Å². The summed E-state index contributed by atoms with van der Waals surface area (Å²) in [4.78, 5) is 18.2. The second-order valence-corrected chi connectivity index (χ2v) is 6.16. The second kappa shape index (κ2) is 8.91. The highest BCUT2D eigenvalue weighted by Crippen LogP contribution is 2.15. The third-order valence-electron chi connectivity index (χ3n) is 3.15. The van der Waals surface area contributed by atoms with Crippen LogP contribution in [-0.2, 0) is 11.3 Å². The summed E-state index contributed by atoms with van der Waals surface area (Å²) in [6, 6.07) is 7.70. The number of halogens is 4. The molecule has 0 aliphatic carbocycles. The molecule has 24 heavy (non-hydrogen) atoms. The summed E-state index contributed by atoms with van der Waals surface area (Å²) in [6.07, 6.45) is -4.41. The first-order chi connectivity index (χ1) is 11.1. The van der Waals surface area contributed by atoms with Crippen molar-refractivity contribution in [1.29, 1.82) is 0 Å². The highest BCUT2D eigenvalue weighted by atomic mass is 79.9. The van der Waals surface area contributed by atoms with E-state index in [1.165, 1.54) is 0 Å². The lowest BCUT2D eigenvalue weighted by Gasteiger charge is -2.24. The maximum atomic E-state index is 12.3. The van der Waals surface area contributed by atoms with Crippen LogP contribution in [0.15, 0.2) is 33.7 Å². The number of rotatable bonds is 5. The van der Waals surface area contributed by atoms with Crippen LogP contribution in [0.25, 0.3) is 0 Å². The van der Waals surface area contributed by atoms with Gasteiger partial charge in [-0.25, -0.2) is 0 Å². The number of nitrogens with one attached hydrogen (secondary N) is 1. The number of aliphatic imine (C=N–C) groups is 1. The van der Waals surface area contributed by atoms with Gasteiger partial charge in [0.1, 0.15) is 6.54 Å². The Morgan fingerprint density at radius 2 is 1.79 bits per heavy atom. The number of amides is 1. The molecule has 1 aromatic rings. The summed E-state index contributed by atoms with van der Waals surface area (Å²) in [5.41, 5.74) is 1.03. The van der Waals surface area contributed by atoms with Gasteiger partial charge in [0, 0.05) is 32.2 Å². The topological polar surface area (TPSA) is 47.9 Å². The minimum absolute atomic E-state index is 0.260. The largest absolute Gasteiger partial charge is 0.406 e. The molecule has 9 heteroatoms. The van der Waals surface area contributed by atoms with E-state index in [2.05, 4.69) is 26.2 Å². The zero-order valence-corrected chi connectivity index (χ0v) is 15.3. The number of carbonyl (C=O) groups is 1. The first-order valence-corrected chi connectivity index (χ1v) is 7.88. The Balaban J connectivity index is 2.54. The fourth-order valence-corrected chi connectivity index (χ4v) is 2.23. The Hall–Kier alpha value is -1.77. The molecule has 0 fully saturated rings. The van der Waals surface area contributed by atoms with Crippen molar-refractivity contribution in [2.45, 2.75) is 12.7 Å². The summed E-state index contributed by atoms with van der Waals surface area (Å²) in [5.74, 6) is -0.239. The van der Waals surface area contributed by atoms with Gasteiger partial charge >= 0.3 is 6.18 Å². The Kier molecular flexibility index (Phi) is 7.53. The van der Waals surface area contributed by atoms with Gasteiger partial charge in [-0.1, -0.05) is 28.1 Å². The van der Waals surface area contributed by atoms with Gasteiger partial charge in [0.2, 0.25) is 5.91 Å². The molecule has 134 valence electrons. The van der Waals surface area contributed by atoms with Gasteiger partial charge in [0.05, 0.1) is 6.54 Å². The Bertz CT molecular complexity index is 575. The van der Waals surface area contributed by atoms with Crippen LogP contribution in [0.5, 0.6) is 0 Å². The van der Waals surface area contributed by atoms with Crippen molar-refractivity contribution in [1.82, 2.24) is 15.1 Å². The molecule has 0 saturated heterocycles. The predicted molar refractivity (Wildman–Crippen MR) is 90.7 cm³/mol. The normalized spacial score (nSPS) is 12.0. The molecular weight excluding hydrogens is 389 g/mol. The van der Waals surface area contributed by atoms with Crippen LogP contribution in [0.1, 0.15) is 5.56 Å². The highest BCUT2D eigenvalue weighted by molar-refractivity contribution is 9.10. The van der Waals surface area contributed by atoms with Crippen molar-refractivity contribution in [3.63, 3.8) is 0 Å². The van der Waals surface area contributed by atoms with Crippen LogP contribution < -0.4 is 5.32 Å². The third-order valence-corrected chi connectivity index (χ3v) is 3.67. The molecule has 0 saturated carbocycles. The molecule has 0 bridgehead atoms. The van der Waals surface area contributed by atoms with Gasteiger partial charge in [-0.3, -0.25) is 9.79 Å². The third kappa shape index (κ3) is 7.20. The molecule has 5 nitrogen and oxygen atoms in total. The fraction of sp³-hybridized carbons (Fsp3) is 0.467. The minimum atomic E-state index is -4.41. The van der Waals surface area contributed by atoms with Crippen LogP contribution in [0.4, 0.5) is 13.2 Å². The fourth-order valence-electron chi connectivity index (χ4n) is 1.97. The monoisotopic (exact) mass is 408 g/mol. The zero-order valence-electron chi connectivity index (χ0n) is 13.7. The summed E-state index contributed by atoms with van der Waals surface area (Å²) in [5, 5.41) is 2.78. The van der Waals surface area contributed by atoms with Crippen LogP contribution >= 0.6 is 15.9 Å². The molecule has 1 amide bonds. The van der Waals surface area contributed by atoms with E-state index >= 15 is 0 Å². The van der Waals surface area contributed by atoms with E-state index in [1.807, 2.05) is 24.3 Å². The molecular formula is C15H20BrF3N4O. The number of alkyl halides is 3. The van der Waals surface area contributed by atoms with Crippen molar-refractivity contribution in [3.05, 3.63) is 34.3 Å². The van der Waals surface area contributed by atoms with Gasteiger partial charge in [0.25, 0.3) is 0 Å². The number of benzene rings is 1. The van der Waals surface area contributed by atoms with E-state index in [0.717, 1.165) is 17.1 Å². The van der Waals surface area contributed by atoms with E-state index in [1.54, 1.807) is 19.0 Å². The second-order valence-electron chi connectivity index (χ2n) is 5.25. The van der Waals surface area contributed by atoms with Crippen molar-refractivity contribution in [2.75, 3.05) is 34.2 Å². The predicted octanol–water partition coefficient (Wildman–Crippen LogP) is 2.48. The molecule has 0 aliphatic rings. The Labute approximate surface area is 147 Å². The first kappa shape index (κ1) is 20.3. The van der Waals surface area contributed by atoms with Gasteiger partial charge in [-0.2, -0.15) is 13.2 Å². The number of hydrogen-bond acceptors (Lipinski definition) is 2. The number of likely N-dealkylation sites (N-methyl/N-ethyl adjacent to an activating group) is 1. The van der Waals surface area contributed by atoms with E-state index < -0.39 is 18.6 Å². The standard InChI is InChI=1S/C15H20BrF3N4O/c1-20-14(21-8-13(24)23(3)10-15(17,18)19)22(2)9-11-4-6-12(16)7-5-11/h4-7H,8-10H2,1-3H3,(H,20,21). The number of carbonyl (C=O) groups excluding carboxylic acids is 1. The molecule has 0 radical (unpaired) electrons. The average molecular weight is 409 g/mol. The lowest BCUT2D eigenvalue weighted by Crippen LogP contribution is -2.45. The van der Waals surface area contributed by atoms with Crippen molar-refractivity contribution >= 4 is 27.8 Å². The molecule has 0 aromatic heterocycles. The molecule has 1 aromatic carbocycles. The number of nitrogens with zero attached hydrogens (tertiary/aromatic N) is 3. The lowest BCUT2D eigenvalue weighted by molar-refractivity contribution is -0.157. The average Bonchev–Trinajstić information content (AvgIpc) is 2.48.